The second-order valence-corrected chi connectivity index (χ2v) is 7.14. The number of aliphatic hydroxyl groups excluding tert-OH is 1. The van der Waals surface area contributed by atoms with Gasteiger partial charge in [-0.3, -0.25) is 19.7 Å². The van der Waals surface area contributed by atoms with Gasteiger partial charge in [0.2, 0.25) is 0 Å². The van der Waals surface area contributed by atoms with Crippen molar-refractivity contribution in [2.75, 3.05) is 26.2 Å². The summed E-state index contributed by atoms with van der Waals surface area (Å²) in [6.07, 6.45) is 3.44. The van der Waals surface area contributed by atoms with Crippen LogP contribution in [0.5, 0.6) is 0 Å². The second-order valence-electron chi connectivity index (χ2n) is 7.14. The number of rotatable bonds is 3. The standard InChI is InChI=1S/C17H25N5O2/c1-12-7-16-18-13(8-17(24)22(16)19-12)9-20-10-14(15(23)11-20)21-5-3-2-4-6-21/h7-8,14-15,19,23H,2-6,9-11H2,1H3. The molecule has 2 aliphatic rings. The lowest BCUT2D eigenvalue weighted by atomic mass is 10.1. The molecular formula is C17H25N5O2. The van der Waals surface area contributed by atoms with Crippen molar-refractivity contribution in [1.29, 1.82) is 0 Å². The fourth-order valence-corrected chi connectivity index (χ4v) is 4.06. The molecule has 2 aromatic rings. The first-order valence-electron chi connectivity index (χ1n) is 8.83. The van der Waals surface area contributed by atoms with E-state index in [-0.39, 0.29) is 17.7 Å². The fourth-order valence-electron chi connectivity index (χ4n) is 4.06. The molecule has 2 fully saturated rings. The third-order valence-corrected chi connectivity index (χ3v) is 5.21. The number of piperidine rings is 1. The third-order valence-electron chi connectivity index (χ3n) is 5.21. The molecule has 7 heteroatoms. The Morgan fingerprint density at radius 1 is 1.25 bits per heavy atom. The van der Waals surface area contributed by atoms with Gasteiger partial charge in [0.1, 0.15) is 0 Å². The minimum Gasteiger partial charge on any atom is -0.390 e. The minimum atomic E-state index is -0.317. The first-order chi connectivity index (χ1) is 11.6. The summed E-state index contributed by atoms with van der Waals surface area (Å²) in [5, 5.41) is 13.4. The summed E-state index contributed by atoms with van der Waals surface area (Å²) in [6, 6.07) is 3.67. The molecule has 0 aliphatic carbocycles. The number of likely N-dealkylation sites (tertiary alicyclic amines) is 2. The van der Waals surface area contributed by atoms with E-state index >= 15 is 0 Å². The summed E-state index contributed by atoms with van der Waals surface area (Å²) in [4.78, 5) is 21.4. The number of aromatic amines is 1. The molecule has 2 unspecified atom stereocenters. The molecule has 0 saturated carbocycles. The van der Waals surface area contributed by atoms with E-state index in [2.05, 4.69) is 19.9 Å². The normalized spacial score (nSPS) is 26.4. The topological polar surface area (TPSA) is 76.9 Å². The van der Waals surface area contributed by atoms with Gasteiger partial charge < -0.3 is 5.11 Å². The average Bonchev–Trinajstić information content (AvgIpc) is 3.11. The zero-order valence-corrected chi connectivity index (χ0v) is 14.1. The lowest BCUT2D eigenvalue weighted by Gasteiger charge is -2.33. The molecule has 2 N–H and O–H groups in total. The Labute approximate surface area is 140 Å². The SMILES string of the molecule is Cc1cc2nc(CN3CC(O)C(N4CCCCC4)C3)cc(=O)n2[nH]1. The van der Waals surface area contributed by atoms with E-state index in [4.69, 9.17) is 0 Å². The molecule has 4 rings (SSSR count). The van der Waals surface area contributed by atoms with Crippen molar-refractivity contribution in [2.24, 2.45) is 0 Å². The highest BCUT2D eigenvalue weighted by atomic mass is 16.3. The van der Waals surface area contributed by atoms with Crippen LogP contribution in [0.4, 0.5) is 0 Å². The van der Waals surface area contributed by atoms with Crippen molar-refractivity contribution >= 4 is 5.65 Å². The van der Waals surface area contributed by atoms with Crippen LogP contribution >= 0.6 is 0 Å². The van der Waals surface area contributed by atoms with Crippen molar-refractivity contribution in [2.45, 2.75) is 44.9 Å². The summed E-state index contributed by atoms with van der Waals surface area (Å²) >= 11 is 0. The summed E-state index contributed by atoms with van der Waals surface area (Å²) in [6.45, 7) is 6.18. The maximum absolute atomic E-state index is 12.2. The van der Waals surface area contributed by atoms with Crippen molar-refractivity contribution in [3.8, 4) is 0 Å². The van der Waals surface area contributed by atoms with Crippen LogP contribution in [0.25, 0.3) is 5.65 Å². The number of aryl methyl sites for hydroxylation is 1. The van der Waals surface area contributed by atoms with E-state index in [0.717, 1.165) is 31.0 Å². The van der Waals surface area contributed by atoms with Crippen LogP contribution in [0, 0.1) is 6.92 Å². The minimum absolute atomic E-state index is 0.0876. The van der Waals surface area contributed by atoms with Gasteiger partial charge in [0, 0.05) is 43.5 Å². The molecule has 4 heterocycles. The zero-order valence-electron chi connectivity index (χ0n) is 14.1. The number of nitrogens with one attached hydrogen (secondary N) is 1. The molecular weight excluding hydrogens is 306 g/mol. The summed E-state index contributed by atoms with van der Waals surface area (Å²) in [5.74, 6) is 0. The third kappa shape index (κ3) is 2.99. The molecule has 24 heavy (non-hydrogen) atoms. The van der Waals surface area contributed by atoms with E-state index in [9.17, 15) is 9.90 Å². The Morgan fingerprint density at radius 3 is 2.83 bits per heavy atom. The van der Waals surface area contributed by atoms with Crippen molar-refractivity contribution in [1.82, 2.24) is 24.4 Å². The Balaban J connectivity index is 1.48. The predicted octanol–water partition coefficient (Wildman–Crippen LogP) is 0.362. The predicted molar refractivity (Wildman–Crippen MR) is 91.0 cm³/mol. The van der Waals surface area contributed by atoms with E-state index in [1.807, 2.05) is 13.0 Å². The first-order valence-corrected chi connectivity index (χ1v) is 8.83. The maximum Gasteiger partial charge on any atom is 0.272 e. The molecule has 130 valence electrons. The Hall–Kier alpha value is -1.70. The largest absolute Gasteiger partial charge is 0.390 e. The van der Waals surface area contributed by atoms with Gasteiger partial charge in [0.25, 0.3) is 5.56 Å². The number of hydrogen-bond donors (Lipinski definition) is 2. The maximum atomic E-state index is 12.2. The number of β-amino-alcohol motifs (C(OH)–C–C–N with tert-alkyl or cyclic N) is 1. The van der Waals surface area contributed by atoms with Gasteiger partial charge in [0.15, 0.2) is 5.65 Å². The highest BCUT2D eigenvalue weighted by molar-refractivity contribution is 5.39. The highest BCUT2D eigenvalue weighted by Gasteiger charge is 2.35. The van der Waals surface area contributed by atoms with Crippen LogP contribution in [0.15, 0.2) is 16.9 Å². The van der Waals surface area contributed by atoms with Crippen LogP contribution in [0.3, 0.4) is 0 Å². The molecule has 7 nitrogen and oxygen atoms in total. The van der Waals surface area contributed by atoms with Crippen molar-refractivity contribution in [3.05, 3.63) is 33.9 Å². The van der Waals surface area contributed by atoms with E-state index in [1.54, 1.807) is 6.07 Å². The smallest absolute Gasteiger partial charge is 0.272 e. The van der Waals surface area contributed by atoms with E-state index in [1.165, 1.54) is 23.8 Å². The molecule has 2 aliphatic heterocycles. The quantitative estimate of drug-likeness (QED) is 0.849. The lowest BCUT2D eigenvalue weighted by Crippen LogP contribution is -2.45. The van der Waals surface area contributed by atoms with Crippen molar-refractivity contribution < 1.29 is 5.11 Å². The monoisotopic (exact) mass is 331 g/mol. The molecule has 0 radical (unpaired) electrons. The number of aromatic nitrogens is 3. The molecule has 0 spiro atoms. The van der Waals surface area contributed by atoms with Gasteiger partial charge in [-0.25, -0.2) is 9.50 Å². The second kappa shape index (κ2) is 6.31. The highest BCUT2D eigenvalue weighted by Crippen LogP contribution is 2.21. The summed E-state index contributed by atoms with van der Waals surface area (Å²) in [5.41, 5.74) is 2.25. The number of fused-ring (bicyclic) bond motifs is 1. The van der Waals surface area contributed by atoms with Gasteiger partial charge in [-0.15, -0.1) is 0 Å². The zero-order chi connectivity index (χ0) is 16.7. The Morgan fingerprint density at radius 2 is 2.04 bits per heavy atom. The Bertz CT molecular complexity index is 777. The van der Waals surface area contributed by atoms with Crippen LogP contribution in [-0.2, 0) is 6.54 Å². The first kappa shape index (κ1) is 15.8. The average molecular weight is 331 g/mol. The molecule has 2 saturated heterocycles. The van der Waals surface area contributed by atoms with Crippen molar-refractivity contribution in [3.63, 3.8) is 0 Å². The van der Waals surface area contributed by atoms with Crippen LogP contribution in [0.1, 0.15) is 30.7 Å². The van der Waals surface area contributed by atoms with Crippen LogP contribution < -0.4 is 5.56 Å². The summed E-state index contributed by atoms with van der Waals surface area (Å²) < 4.78 is 1.47. The molecule has 0 aromatic carbocycles. The number of hydrogen-bond acceptors (Lipinski definition) is 5. The van der Waals surface area contributed by atoms with Gasteiger partial charge in [-0.05, 0) is 32.9 Å². The van der Waals surface area contributed by atoms with Gasteiger partial charge in [-0.1, -0.05) is 6.42 Å². The van der Waals surface area contributed by atoms with Gasteiger partial charge in [-0.2, -0.15) is 0 Å². The molecule has 0 amide bonds. The number of nitrogens with zero attached hydrogens (tertiary/aromatic N) is 4. The molecule has 2 aromatic heterocycles. The van der Waals surface area contributed by atoms with Gasteiger partial charge in [0.05, 0.1) is 11.8 Å². The van der Waals surface area contributed by atoms with Crippen LogP contribution in [0.2, 0.25) is 0 Å². The molecule has 2 atom stereocenters. The van der Waals surface area contributed by atoms with Crippen LogP contribution in [-0.4, -0.2) is 67.8 Å². The molecule has 0 bridgehead atoms. The van der Waals surface area contributed by atoms with E-state index in [0.29, 0.717) is 18.7 Å². The summed E-state index contributed by atoms with van der Waals surface area (Å²) in [7, 11) is 0. The lowest BCUT2D eigenvalue weighted by molar-refractivity contribution is 0.0706. The Kier molecular flexibility index (Phi) is 4.15. The number of H-pyrrole nitrogens is 1. The fraction of sp³-hybridized carbons (Fsp3) is 0.647. The number of aliphatic hydroxyl groups is 1. The van der Waals surface area contributed by atoms with Gasteiger partial charge >= 0.3 is 0 Å². The van der Waals surface area contributed by atoms with E-state index < -0.39 is 0 Å².